The van der Waals surface area contributed by atoms with Crippen LogP contribution in [0.15, 0.2) is 27.8 Å². The van der Waals surface area contributed by atoms with E-state index in [-0.39, 0.29) is 18.0 Å². The van der Waals surface area contributed by atoms with Crippen molar-refractivity contribution in [3.05, 3.63) is 44.6 Å². The van der Waals surface area contributed by atoms with Crippen LogP contribution in [0.3, 0.4) is 0 Å². The van der Waals surface area contributed by atoms with E-state index in [9.17, 15) is 14.4 Å². The lowest BCUT2D eigenvalue weighted by Crippen LogP contribution is -2.44. The normalized spacial score (nSPS) is 12.3. The molecule has 2 aromatic rings. The van der Waals surface area contributed by atoms with Crippen molar-refractivity contribution in [1.82, 2.24) is 14.5 Å². The second kappa shape index (κ2) is 7.47. The lowest BCUT2D eigenvalue weighted by atomic mass is 10.1. The lowest BCUT2D eigenvalue weighted by Gasteiger charge is -2.21. The minimum atomic E-state index is -0.632. The van der Waals surface area contributed by atoms with Crippen molar-refractivity contribution in [2.45, 2.75) is 53.1 Å². The molecule has 130 valence electrons. The SMILES string of the molecule is CCCNC(=O)C(CC)n1c(=O)n(CC)c(=O)c2cc(C)ccc21. The predicted molar refractivity (Wildman–Crippen MR) is 95.5 cm³/mol. The molecule has 2 rings (SSSR count). The summed E-state index contributed by atoms with van der Waals surface area (Å²) in [4.78, 5) is 38.0. The maximum absolute atomic E-state index is 12.8. The van der Waals surface area contributed by atoms with Gasteiger partial charge in [0.05, 0.1) is 10.9 Å². The molecule has 0 saturated heterocycles. The van der Waals surface area contributed by atoms with Crippen LogP contribution in [0.2, 0.25) is 0 Å². The Bertz CT molecular complexity index is 864. The summed E-state index contributed by atoms with van der Waals surface area (Å²) in [6.45, 7) is 8.33. The number of carbonyl (C=O) groups is 1. The number of benzene rings is 1. The van der Waals surface area contributed by atoms with Gasteiger partial charge in [-0.25, -0.2) is 4.79 Å². The molecule has 0 aliphatic heterocycles. The van der Waals surface area contributed by atoms with Crippen molar-refractivity contribution in [1.29, 1.82) is 0 Å². The van der Waals surface area contributed by atoms with Crippen LogP contribution in [0.4, 0.5) is 0 Å². The van der Waals surface area contributed by atoms with Crippen LogP contribution in [0.1, 0.15) is 45.2 Å². The lowest BCUT2D eigenvalue weighted by molar-refractivity contribution is -0.124. The molecule has 0 spiro atoms. The van der Waals surface area contributed by atoms with Crippen molar-refractivity contribution in [2.24, 2.45) is 0 Å². The first kappa shape index (κ1) is 18.0. The monoisotopic (exact) mass is 331 g/mol. The third-order valence-electron chi connectivity index (χ3n) is 4.19. The van der Waals surface area contributed by atoms with Gasteiger partial charge in [-0.1, -0.05) is 25.5 Å². The van der Waals surface area contributed by atoms with Gasteiger partial charge in [0.2, 0.25) is 5.91 Å². The average molecular weight is 331 g/mol. The second-order valence-corrected chi connectivity index (χ2v) is 5.94. The molecule has 0 fully saturated rings. The standard InChI is InChI=1S/C18H25N3O3/c1-5-10-19-16(22)14(6-2)21-15-9-8-12(4)11-13(15)17(23)20(7-3)18(21)24/h8-9,11,14H,5-7,10H2,1-4H3,(H,19,22). The topological polar surface area (TPSA) is 73.1 Å². The van der Waals surface area contributed by atoms with E-state index in [1.807, 2.05) is 26.8 Å². The van der Waals surface area contributed by atoms with Gasteiger partial charge in [0, 0.05) is 13.1 Å². The predicted octanol–water partition coefficient (Wildman–Crippen LogP) is 1.97. The highest BCUT2D eigenvalue weighted by molar-refractivity contribution is 5.84. The second-order valence-electron chi connectivity index (χ2n) is 5.94. The number of nitrogens with one attached hydrogen (secondary N) is 1. The molecule has 1 atom stereocenters. The number of hydrogen-bond acceptors (Lipinski definition) is 3. The Morgan fingerprint density at radius 1 is 1.21 bits per heavy atom. The molecule has 1 heterocycles. The van der Waals surface area contributed by atoms with Crippen LogP contribution in [0.25, 0.3) is 10.9 Å². The summed E-state index contributed by atoms with van der Waals surface area (Å²) >= 11 is 0. The van der Waals surface area contributed by atoms with Crippen LogP contribution in [0, 0.1) is 6.92 Å². The van der Waals surface area contributed by atoms with Gasteiger partial charge in [-0.2, -0.15) is 0 Å². The molecule has 6 nitrogen and oxygen atoms in total. The number of hydrogen-bond donors (Lipinski definition) is 1. The zero-order valence-electron chi connectivity index (χ0n) is 14.8. The molecule has 0 aliphatic carbocycles. The number of amides is 1. The molecule has 0 aliphatic rings. The van der Waals surface area contributed by atoms with Crippen LogP contribution >= 0.6 is 0 Å². The first-order chi connectivity index (χ1) is 11.5. The Labute approximate surface area is 141 Å². The van der Waals surface area contributed by atoms with Crippen LogP contribution in [-0.2, 0) is 11.3 Å². The fourth-order valence-corrected chi connectivity index (χ4v) is 2.93. The molecular weight excluding hydrogens is 306 g/mol. The van der Waals surface area contributed by atoms with E-state index in [2.05, 4.69) is 5.32 Å². The smallest absolute Gasteiger partial charge is 0.332 e. The molecule has 1 aromatic heterocycles. The van der Waals surface area contributed by atoms with E-state index in [0.29, 0.717) is 23.9 Å². The molecule has 24 heavy (non-hydrogen) atoms. The molecule has 1 aromatic carbocycles. The Hall–Kier alpha value is -2.37. The Balaban J connectivity index is 2.78. The van der Waals surface area contributed by atoms with Crippen molar-refractivity contribution < 1.29 is 4.79 Å². The highest BCUT2D eigenvalue weighted by atomic mass is 16.2. The molecule has 6 heteroatoms. The van der Waals surface area contributed by atoms with Crippen molar-refractivity contribution in [2.75, 3.05) is 6.54 Å². The highest BCUT2D eigenvalue weighted by Crippen LogP contribution is 2.17. The van der Waals surface area contributed by atoms with Gasteiger partial charge in [-0.15, -0.1) is 0 Å². The number of fused-ring (bicyclic) bond motifs is 1. The molecule has 0 bridgehead atoms. The minimum Gasteiger partial charge on any atom is -0.354 e. The van der Waals surface area contributed by atoms with Gasteiger partial charge >= 0.3 is 5.69 Å². The molecule has 0 radical (unpaired) electrons. The third-order valence-corrected chi connectivity index (χ3v) is 4.19. The third kappa shape index (κ3) is 3.13. The zero-order chi connectivity index (χ0) is 17.9. The van der Waals surface area contributed by atoms with Crippen molar-refractivity contribution in [3.8, 4) is 0 Å². The van der Waals surface area contributed by atoms with Gasteiger partial charge in [0.25, 0.3) is 5.56 Å². The summed E-state index contributed by atoms with van der Waals surface area (Å²) in [6, 6.07) is 4.75. The maximum Gasteiger partial charge on any atom is 0.332 e. The number of carbonyl (C=O) groups excluding carboxylic acids is 1. The Morgan fingerprint density at radius 2 is 1.92 bits per heavy atom. The van der Waals surface area contributed by atoms with Crippen molar-refractivity contribution in [3.63, 3.8) is 0 Å². The summed E-state index contributed by atoms with van der Waals surface area (Å²) in [6.07, 6.45) is 1.30. The average Bonchev–Trinajstić information content (AvgIpc) is 2.57. The maximum atomic E-state index is 12.8. The summed E-state index contributed by atoms with van der Waals surface area (Å²) in [7, 11) is 0. The fourth-order valence-electron chi connectivity index (χ4n) is 2.93. The molecular formula is C18H25N3O3. The fraction of sp³-hybridized carbons (Fsp3) is 0.500. The van der Waals surface area contributed by atoms with Gasteiger partial charge in [-0.05, 0) is 38.8 Å². The van der Waals surface area contributed by atoms with Crippen molar-refractivity contribution >= 4 is 16.8 Å². The van der Waals surface area contributed by atoms with Gasteiger partial charge in [0.1, 0.15) is 6.04 Å². The first-order valence-electron chi connectivity index (χ1n) is 8.49. The van der Waals surface area contributed by atoms with Crippen LogP contribution in [0.5, 0.6) is 0 Å². The van der Waals surface area contributed by atoms with E-state index < -0.39 is 11.7 Å². The number of aromatic nitrogens is 2. The van der Waals surface area contributed by atoms with Crippen LogP contribution in [-0.4, -0.2) is 21.6 Å². The minimum absolute atomic E-state index is 0.190. The molecule has 1 unspecified atom stereocenters. The van der Waals surface area contributed by atoms with E-state index >= 15 is 0 Å². The summed E-state index contributed by atoms with van der Waals surface area (Å²) in [5, 5.41) is 3.32. The molecule has 1 N–H and O–H groups in total. The zero-order valence-corrected chi connectivity index (χ0v) is 14.8. The molecule has 1 amide bonds. The van der Waals surface area contributed by atoms with Gasteiger partial charge in [0.15, 0.2) is 0 Å². The Kier molecular flexibility index (Phi) is 5.59. The highest BCUT2D eigenvalue weighted by Gasteiger charge is 2.23. The van der Waals surface area contributed by atoms with E-state index in [1.165, 1.54) is 9.13 Å². The summed E-state index contributed by atoms with van der Waals surface area (Å²) in [5.74, 6) is -0.190. The first-order valence-corrected chi connectivity index (χ1v) is 8.49. The molecule has 0 saturated carbocycles. The number of nitrogens with zero attached hydrogens (tertiary/aromatic N) is 2. The Morgan fingerprint density at radius 3 is 2.50 bits per heavy atom. The van der Waals surface area contributed by atoms with E-state index in [0.717, 1.165) is 12.0 Å². The van der Waals surface area contributed by atoms with E-state index in [4.69, 9.17) is 0 Å². The number of aryl methyl sites for hydroxylation is 1. The van der Waals surface area contributed by atoms with Gasteiger partial charge < -0.3 is 5.32 Å². The summed E-state index contributed by atoms with van der Waals surface area (Å²) in [5.41, 5.74) is 0.716. The summed E-state index contributed by atoms with van der Waals surface area (Å²) < 4.78 is 2.65. The number of rotatable bonds is 6. The van der Waals surface area contributed by atoms with E-state index in [1.54, 1.807) is 19.1 Å². The van der Waals surface area contributed by atoms with Crippen LogP contribution < -0.4 is 16.6 Å². The quantitative estimate of drug-likeness (QED) is 0.879. The van der Waals surface area contributed by atoms with Gasteiger partial charge in [-0.3, -0.25) is 18.7 Å². The largest absolute Gasteiger partial charge is 0.354 e.